The zero-order chi connectivity index (χ0) is 16.4. The van der Waals surface area contributed by atoms with Gasteiger partial charge in [0.05, 0.1) is 13.2 Å². The van der Waals surface area contributed by atoms with E-state index in [1.807, 2.05) is 6.07 Å². The standard InChI is InChI=1S/C20H24N2O2/c1-3-11-9-22-18-8-15-14-6-12(24-2)4-5-17(14)21-20(15)19(22)7-13(11)16(18)10-23/h3-6,13,16,18-19,21,23H,7-10H2,1-2H3/b11-3-/t13-,16?,18+,19+/m1/s1. The number of aromatic nitrogens is 1. The summed E-state index contributed by atoms with van der Waals surface area (Å²) in [6.45, 7) is 3.49. The predicted octanol–water partition coefficient (Wildman–Crippen LogP) is 3.03. The van der Waals surface area contributed by atoms with E-state index >= 15 is 0 Å². The molecule has 4 aliphatic rings. The van der Waals surface area contributed by atoms with Gasteiger partial charge < -0.3 is 14.8 Å². The van der Waals surface area contributed by atoms with E-state index in [4.69, 9.17) is 4.74 Å². The summed E-state index contributed by atoms with van der Waals surface area (Å²) in [4.78, 5) is 6.32. The van der Waals surface area contributed by atoms with Crippen molar-refractivity contribution in [1.82, 2.24) is 9.88 Å². The second kappa shape index (κ2) is 5.11. The number of nitrogens with zero attached hydrogens (tertiary/aromatic N) is 1. The fourth-order valence-corrected chi connectivity index (χ4v) is 5.47. The van der Waals surface area contributed by atoms with Gasteiger partial charge in [-0.15, -0.1) is 0 Å². The zero-order valence-electron chi connectivity index (χ0n) is 14.2. The van der Waals surface area contributed by atoms with Crippen molar-refractivity contribution in [2.24, 2.45) is 11.8 Å². The van der Waals surface area contributed by atoms with E-state index in [1.165, 1.54) is 27.7 Å². The Bertz CT molecular complexity index is 838. The lowest BCUT2D eigenvalue weighted by atomic mass is 9.64. The molecule has 0 spiro atoms. The van der Waals surface area contributed by atoms with Crippen LogP contribution in [0.15, 0.2) is 29.8 Å². The molecule has 0 radical (unpaired) electrons. The molecule has 0 aliphatic carbocycles. The van der Waals surface area contributed by atoms with Crippen molar-refractivity contribution in [3.8, 4) is 5.75 Å². The highest BCUT2D eigenvalue weighted by Crippen LogP contribution is 2.54. The molecule has 5 atom stereocenters. The Balaban J connectivity index is 1.66. The largest absolute Gasteiger partial charge is 0.497 e. The molecular weight excluding hydrogens is 300 g/mol. The summed E-state index contributed by atoms with van der Waals surface area (Å²) >= 11 is 0. The number of nitrogens with one attached hydrogen (secondary N) is 1. The van der Waals surface area contributed by atoms with Crippen LogP contribution in [0, 0.1) is 11.8 Å². The molecule has 0 saturated carbocycles. The average Bonchev–Trinajstić information content (AvgIpc) is 2.99. The van der Waals surface area contributed by atoms with Crippen LogP contribution in [0.1, 0.15) is 30.6 Å². The lowest BCUT2D eigenvalue weighted by molar-refractivity contribution is -0.0503. The molecule has 3 saturated heterocycles. The molecule has 4 aliphatic heterocycles. The number of methoxy groups -OCH3 is 1. The van der Waals surface area contributed by atoms with E-state index in [9.17, 15) is 5.11 Å². The fraction of sp³-hybridized carbons (Fsp3) is 0.500. The molecular formula is C20H24N2O2. The number of hydrogen-bond donors (Lipinski definition) is 2. The third-order valence-electron chi connectivity index (χ3n) is 6.63. The van der Waals surface area contributed by atoms with Crippen molar-refractivity contribution in [3.63, 3.8) is 0 Å². The third kappa shape index (κ3) is 1.76. The van der Waals surface area contributed by atoms with Crippen LogP contribution in [0.2, 0.25) is 0 Å². The van der Waals surface area contributed by atoms with Crippen LogP contribution >= 0.6 is 0 Å². The van der Waals surface area contributed by atoms with Crippen LogP contribution in [0.25, 0.3) is 10.9 Å². The van der Waals surface area contributed by atoms with Crippen molar-refractivity contribution in [3.05, 3.63) is 41.1 Å². The molecule has 5 heterocycles. The summed E-state index contributed by atoms with van der Waals surface area (Å²) in [6, 6.07) is 7.24. The molecule has 4 nitrogen and oxygen atoms in total. The number of H-pyrrole nitrogens is 1. The molecule has 6 rings (SSSR count). The van der Waals surface area contributed by atoms with Gasteiger partial charge in [-0.25, -0.2) is 0 Å². The van der Waals surface area contributed by atoms with E-state index in [0.29, 0.717) is 23.9 Å². The van der Waals surface area contributed by atoms with Crippen LogP contribution in [-0.2, 0) is 6.42 Å². The fourth-order valence-electron chi connectivity index (χ4n) is 5.47. The number of piperidine rings is 3. The molecule has 1 aromatic carbocycles. The molecule has 2 N–H and O–H groups in total. The van der Waals surface area contributed by atoms with Gasteiger partial charge in [-0.2, -0.15) is 0 Å². The van der Waals surface area contributed by atoms with Gasteiger partial charge in [0.25, 0.3) is 0 Å². The van der Waals surface area contributed by atoms with E-state index in [2.05, 4.69) is 35.0 Å². The first-order valence-corrected chi connectivity index (χ1v) is 8.95. The van der Waals surface area contributed by atoms with Crippen molar-refractivity contribution >= 4 is 10.9 Å². The number of benzene rings is 1. The first-order valence-electron chi connectivity index (χ1n) is 8.95. The minimum Gasteiger partial charge on any atom is -0.497 e. The summed E-state index contributed by atoms with van der Waals surface area (Å²) < 4.78 is 5.43. The quantitative estimate of drug-likeness (QED) is 0.835. The Hall–Kier alpha value is -1.78. The number of hydrogen-bond acceptors (Lipinski definition) is 3. The Morgan fingerprint density at radius 3 is 3.04 bits per heavy atom. The number of aliphatic hydroxyl groups excluding tert-OH is 1. The zero-order valence-corrected chi connectivity index (χ0v) is 14.2. The maximum absolute atomic E-state index is 10.1. The van der Waals surface area contributed by atoms with Crippen molar-refractivity contribution < 1.29 is 9.84 Å². The number of ether oxygens (including phenoxy) is 1. The summed E-state index contributed by atoms with van der Waals surface area (Å²) in [5.41, 5.74) is 5.56. The highest BCUT2D eigenvalue weighted by molar-refractivity contribution is 5.86. The first-order chi connectivity index (χ1) is 11.7. The van der Waals surface area contributed by atoms with Crippen molar-refractivity contribution in [2.75, 3.05) is 20.3 Å². The Morgan fingerprint density at radius 2 is 2.29 bits per heavy atom. The first kappa shape index (κ1) is 14.6. The molecule has 2 aromatic rings. The number of rotatable bonds is 2. The molecule has 3 fully saturated rings. The van der Waals surface area contributed by atoms with Crippen LogP contribution in [-0.4, -0.2) is 41.3 Å². The number of fused-ring (bicyclic) bond motifs is 4. The molecule has 24 heavy (non-hydrogen) atoms. The van der Waals surface area contributed by atoms with Crippen molar-refractivity contribution in [2.45, 2.75) is 31.8 Å². The average molecular weight is 324 g/mol. The smallest absolute Gasteiger partial charge is 0.119 e. The highest BCUT2D eigenvalue weighted by atomic mass is 16.5. The normalized spacial score (nSPS) is 35.5. The SMILES string of the molecule is C/C=C1/CN2[C@H]3C[C@H]1C(CO)[C@@H]2Cc1c3[nH]c2ccc(OC)cc12. The Morgan fingerprint density at radius 1 is 1.42 bits per heavy atom. The van der Waals surface area contributed by atoms with Crippen LogP contribution in [0.3, 0.4) is 0 Å². The second-order valence-electron chi connectivity index (χ2n) is 7.44. The van der Waals surface area contributed by atoms with Gasteiger partial charge in [-0.3, -0.25) is 4.90 Å². The summed E-state index contributed by atoms with van der Waals surface area (Å²) in [6.07, 6.45) is 4.42. The molecule has 1 aromatic heterocycles. The monoisotopic (exact) mass is 324 g/mol. The van der Waals surface area contributed by atoms with E-state index in [0.717, 1.165) is 25.1 Å². The van der Waals surface area contributed by atoms with Gasteiger partial charge in [0.15, 0.2) is 0 Å². The second-order valence-corrected chi connectivity index (χ2v) is 7.44. The van der Waals surface area contributed by atoms with E-state index < -0.39 is 0 Å². The van der Waals surface area contributed by atoms with E-state index in [-0.39, 0.29) is 6.61 Å². The van der Waals surface area contributed by atoms with Gasteiger partial charge in [-0.1, -0.05) is 11.6 Å². The summed E-state index contributed by atoms with van der Waals surface area (Å²) in [5, 5.41) is 11.3. The number of aliphatic hydroxyl groups is 1. The number of allylic oxidation sites excluding steroid dienone is 1. The predicted molar refractivity (Wildman–Crippen MR) is 94.2 cm³/mol. The summed E-state index contributed by atoms with van der Waals surface area (Å²) in [7, 11) is 1.72. The lowest BCUT2D eigenvalue weighted by Crippen LogP contribution is -2.60. The third-order valence-corrected chi connectivity index (χ3v) is 6.63. The Labute approximate surface area is 142 Å². The number of aromatic amines is 1. The molecule has 2 unspecified atom stereocenters. The molecule has 4 bridgehead atoms. The van der Waals surface area contributed by atoms with Gasteiger partial charge in [0, 0.05) is 41.7 Å². The van der Waals surface area contributed by atoms with Gasteiger partial charge in [0.1, 0.15) is 5.75 Å². The maximum Gasteiger partial charge on any atom is 0.119 e. The minimum atomic E-state index is 0.289. The van der Waals surface area contributed by atoms with Crippen molar-refractivity contribution in [1.29, 1.82) is 0 Å². The van der Waals surface area contributed by atoms with Crippen LogP contribution < -0.4 is 4.74 Å². The molecule has 0 amide bonds. The lowest BCUT2D eigenvalue weighted by Gasteiger charge is -2.58. The Kier molecular flexibility index (Phi) is 3.10. The minimum absolute atomic E-state index is 0.289. The molecule has 126 valence electrons. The van der Waals surface area contributed by atoms with Gasteiger partial charge in [-0.05, 0) is 49.4 Å². The van der Waals surface area contributed by atoms with Crippen LogP contribution in [0.5, 0.6) is 5.75 Å². The summed E-state index contributed by atoms with van der Waals surface area (Å²) in [5.74, 6) is 1.82. The van der Waals surface area contributed by atoms with E-state index in [1.54, 1.807) is 7.11 Å². The molecule has 4 heteroatoms. The van der Waals surface area contributed by atoms with Gasteiger partial charge >= 0.3 is 0 Å². The van der Waals surface area contributed by atoms with Crippen LogP contribution in [0.4, 0.5) is 0 Å². The topological polar surface area (TPSA) is 48.5 Å². The maximum atomic E-state index is 10.1. The highest BCUT2D eigenvalue weighted by Gasteiger charge is 2.52. The van der Waals surface area contributed by atoms with Gasteiger partial charge in [0.2, 0.25) is 0 Å².